The number of Topliss-reactive ketones (excluding diaryl/α,β-unsaturated/α-hetero) is 1. The zero-order valence-corrected chi connectivity index (χ0v) is 16.5. The maximum Gasteiger partial charge on any atom is 0.166 e. The van der Waals surface area contributed by atoms with Crippen LogP contribution in [0, 0.1) is 6.92 Å². The minimum Gasteiger partial charge on any atom is -0.326 e. The number of pyridine rings is 1. The number of rotatable bonds is 7. The second kappa shape index (κ2) is 8.37. The first-order chi connectivity index (χ1) is 14.1. The molecule has 2 aromatic heterocycles. The highest BCUT2D eigenvalue weighted by Crippen LogP contribution is 2.16. The van der Waals surface area contributed by atoms with Crippen LogP contribution >= 0.6 is 0 Å². The Balaban J connectivity index is 1.39. The van der Waals surface area contributed by atoms with E-state index in [4.69, 9.17) is 5.73 Å². The van der Waals surface area contributed by atoms with E-state index in [1.165, 1.54) is 0 Å². The average Bonchev–Trinajstić information content (AvgIpc) is 3.21. The molecule has 2 N–H and O–H groups in total. The van der Waals surface area contributed by atoms with E-state index in [1.54, 1.807) is 6.20 Å². The summed E-state index contributed by atoms with van der Waals surface area (Å²) in [7, 11) is 0. The number of fused-ring (bicyclic) bond motifs is 1. The summed E-state index contributed by atoms with van der Waals surface area (Å²) in [6.07, 6.45) is 4.67. The van der Waals surface area contributed by atoms with Crippen LogP contribution in [0.1, 0.15) is 39.2 Å². The number of aromatic nitrogens is 3. The van der Waals surface area contributed by atoms with Crippen molar-refractivity contribution in [3.8, 4) is 0 Å². The molecule has 0 saturated carbocycles. The van der Waals surface area contributed by atoms with Crippen LogP contribution in [0.25, 0.3) is 10.9 Å². The monoisotopic (exact) mass is 384 g/mol. The van der Waals surface area contributed by atoms with Crippen molar-refractivity contribution in [1.29, 1.82) is 0 Å². The van der Waals surface area contributed by atoms with Crippen LogP contribution in [-0.2, 0) is 19.5 Å². The molecule has 2 heterocycles. The van der Waals surface area contributed by atoms with Gasteiger partial charge in [0.05, 0.1) is 23.8 Å². The van der Waals surface area contributed by atoms with Crippen LogP contribution < -0.4 is 5.73 Å². The highest BCUT2D eigenvalue weighted by atomic mass is 16.1. The summed E-state index contributed by atoms with van der Waals surface area (Å²) in [5.41, 5.74) is 11.6. The highest BCUT2D eigenvalue weighted by Gasteiger charge is 2.10. The molecule has 0 spiro atoms. The van der Waals surface area contributed by atoms with Crippen LogP contribution in [0.5, 0.6) is 0 Å². The Morgan fingerprint density at radius 3 is 2.55 bits per heavy atom. The maximum absolute atomic E-state index is 12.5. The van der Waals surface area contributed by atoms with Gasteiger partial charge in [0.2, 0.25) is 0 Å². The number of hydrogen-bond donors (Lipinski definition) is 1. The van der Waals surface area contributed by atoms with E-state index >= 15 is 0 Å². The molecule has 146 valence electrons. The Labute approximate surface area is 170 Å². The van der Waals surface area contributed by atoms with E-state index in [0.717, 1.165) is 33.3 Å². The van der Waals surface area contributed by atoms with Gasteiger partial charge in [-0.1, -0.05) is 36.4 Å². The fraction of sp³-hybridized carbons (Fsp3) is 0.208. The summed E-state index contributed by atoms with van der Waals surface area (Å²) in [6, 6.07) is 18.4. The van der Waals surface area contributed by atoms with Crippen molar-refractivity contribution in [2.45, 2.75) is 32.9 Å². The summed E-state index contributed by atoms with van der Waals surface area (Å²) in [4.78, 5) is 17.1. The first-order valence-corrected chi connectivity index (χ1v) is 9.80. The van der Waals surface area contributed by atoms with Gasteiger partial charge < -0.3 is 5.73 Å². The second-order valence-electron chi connectivity index (χ2n) is 7.35. The van der Waals surface area contributed by atoms with Crippen molar-refractivity contribution in [1.82, 2.24) is 14.8 Å². The van der Waals surface area contributed by atoms with Gasteiger partial charge in [-0.2, -0.15) is 5.10 Å². The van der Waals surface area contributed by atoms with E-state index in [0.29, 0.717) is 31.5 Å². The van der Waals surface area contributed by atoms with Crippen molar-refractivity contribution in [2.24, 2.45) is 5.73 Å². The normalized spacial score (nSPS) is 11.1. The Morgan fingerprint density at radius 1 is 1.00 bits per heavy atom. The topological polar surface area (TPSA) is 73.8 Å². The van der Waals surface area contributed by atoms with Crippen molar-refractivity contribution >= 4 is 16.7 Å². The molecule has 4 rings (SSSR count). The third-order valence-electron chi connectivity index (χ3n) is 5.09. The fourth-order valence-electron chi connectivity index (χ4n) is 3.40. The lowest BCUT2D eigenvalue weighted by atomic mass is 10.0. The quantitative estimate of drug-likeness (QED) is 0.488. The summed E-state index contributed by atoms with van der Waals surface area (Å²) in [5.74, 6) is 0.109. The molecule has 0 fully saturated rings. The maximum atomic E-state index is 12.5. The van der Waals surface area contributed by atoms with Crippen molar-refractivity contribution in [3.63, 3.8) is 0 Å². The van der Waals surface area contributed by atoms with Gasteiger partial charge in [0, 0.05) is 30.2 Å². The highest BCUT2D eigenvalue weighted by molar-refractivity contribution is 5.95. The number of carbonyl (C=O) groups is 1. The molecular weight excluding hydrogens is 360 g/mol. The Bertz CT molecular complexity index is 1150. The number of aryl methyl sites for hydroxylation is 2. The summed E-state index contributed by atoms with van der Waals surface area (Å²) >= 11 is 0. The molecule has 0 radical (unpaired) electrons. The zero-order valence-electron chi connectivity index (χ0n) is 16.5. The number of benzene rings is 2. The van der Waals surface area contributed by atoms with E-state index in [1.807, 2.05) is 54.2 Å². The fourth-order valence-corrected chi connectivity index (χ4v) is 3.40. The Kier molecular flexibility index (Phi) is 5.49. The minimum absolute atomic E-state index is 0.109. The molecular formula is C24H24N4O. The molecule has 0 atom stereocenters. The first-order valence-electron chi connectivity index (χ1n) is 9.80. The Hall–Kier alpha value is -3.31. The number of hydrogen-bond acceptors (Lipinski definition) is 4. The van der Waals surface area contributed by atoms with Crippen LogP contribution in [0.15, 0.2) is 67.0 Å². The molecule has 0 aliphatic carbocycles. The van der Waals surface area contributed by atoms with Gasteiger partial charge >= 0.3 is 0 Å². The molecule has 2 aromatic carbocycles. The summed E-state index contributed by atoms with van der Waals surface area (Å²) < 4.78 is 1.81. The molecule has 29 heavy (non-hydrogen) atoms. The van der Waals surface area contributed by atoms with E-state index < -0.39 is 0 Å². The van der Waals surface area contributed by atoms with Crippen LogP contribution in [0.2, 0.25) is 0 Å². The SMILES string of the molecule is Cc1ccc2cc(Cn3cc(C(=O)CCc4ccc(CN)cc4)cn3)ccc2n1. The van der Waals surface area contributed by atoms with E-state index in [-0.39, 0.29) is 5.78 Å². The van der Waals surface area contributed by atoms with Gasteiger partial charge in [-0.05, 0) is 48.2 Å². The molecule has 0 bridgehead atoms. The van der Waals surface area contributed by atoms with Crippen LogP contribution in [-0.4, -0.2) is 20.5 Å². The number of nitrogens with two attached hydrogens (primary N) is 1. The number of nitrogens with zero attached hydrogens (tertiary/aromatic N) is 3. The minimum atomic E-state index is 0.109. The third kappa shape index (κ3) is 4.58. The second-order valence-corrected chi connectivity index (χ2v) is 7.35. The summed E-state index contributed by atoms with van der Waals surface area (Å²) in [5, 5.41) is 5.48. The molecule has 0 unspecified atom stereocenters. The molecule has 0 aliphatic heterocycles. The molecule has 0 aliphatic rings. The standard InChI is InChI=1S/C24H24N4O/c1-17-2-9-21-12-20(7-10-23(21)27-17)15-28-16-22(14-26-28)24(29)11-8-18-3-5-19(13-25)6-4-18/h2-7,9-10,12,14,16H,8,11,13,15,25H2,1H3. The van der Waals surface area contributed by atoms with Gasteiger partial charge in [-0.25, -0.2) is 0 Å². The Morgan fingerprint density at radius 2 is 1.76 bits per heavy atom. The predicted octanol–water partition coefficient (Wildman–Crippen LogP) is 4.06. The first kappa shape index (κ1) is 19.0. The zero-order chi connectivity index (χ0) is 20.2. The molecule has 0 saturated heterocycles. The van der Waals surface area contributed by atoms with E-state index in [2.05, 4.69) is 28.3 Å². The average molecular weight is 384 g/mol. The molecule has 5 heteroatoms. The lowest BCUT2D eigenvalue weighted by Crippen LogP contribution is -2.02. The van der Waals surface area contributed by atoms with Gasteiger partial charge in [0.25, 0.3) is 0 Å². The van der Waals surface area contributed by atoms with Crippen LogP contribution in [0.3, 0.4) is 0 Å². The summed E-state index contributed by atoms with van der Waals surface area (Å²) in [6.45, 7) is 3.15. The van der Waals surface area contributed by atoms with Crippen molar-refractivity contribution in [3.05, 3.63) is 94.9 Å². The smallest absolute Gasteiger partial charge is 0.166 e. The van der Waals surface area contributed by atoms with E-state index in [9.17, 15) is 4.79 Å². The van der Waals surface area contributed by atoms with Crippen molar-refractivity contribution < 1.29 is 4.79 Å². The molecule has 4 aromatic rings. The lowest BCUT2D eigenvalue weighted by Gasteiger charge is -2.05. The largest absolute Gasteiger partial charge is 0.326 e. The van der Waals surface area contributed by atoms with Gasteiger partial charge in [0.15, 0.2) is 5.78 Å². The van der Waals surface area contributed by atoms with Gasteiger partial charge in [0.1, 0.15) is 0 Å². The number of ketones is 1. The van der Waals surface area contributed by atoms with Crippen LogP contribution in [0.4, 0.5) is 0 Å². The third-order valence-corrected chi connectivity index (χ3v) is 5.09. The number of carbonyl (C=O) groups excluding carboxylic acids is 1. The molecule has 5 nitrogen and oxygen atoms in total. The van der Waals surface area contributed by atoms with Gasteiger partial charge in [-0.15, -0.1) is 0 Å². The predicted molar refractivity (Wildman–Crippen MR) is 115 cm³/mol. The molecule has 0 amide bonds. The van der Waals surface area contributed by atoms with Crippen molar-refractivity contribution in [2.75, 3.05) is 0 Å². The lowest BCUT2D eigenvalue weighted by molar-refractivity contribution is 0.0982. The van der Waals surface area contributed by atoms with Gasteiger partial charge in [-0.3, -0.25) is 14.5 Å².